The molecule has 5 heteroatoms. The molecule has 0 aromatic rings. The van der Waals surface area contributed by atoms with Crippen LogP contribution in [0.15, 0.2) is 0 Å². The van der Waals surface area contributed by atoms with Crippen molar-refractivity contribution in [3.8, 4) is 0 Å². The lowest BCUT2D eigenvalue weighted by Gasteiger charge is -2.31. The van der Waals surface area contributed by atoms with Crippen LogP contribution in [0.5, 0.6) is 0 Å². The fraction of sp³-hybridized carbons (Fsp3) is 0.944. The Morgan fingerprint density at radius 1 is 1.04 bits per heavy atom. The van der Waals surface area contributed by atoms with Crippen LogP contribution in [-0.4, -0.2) is 39.8 Å². The predicted molar refractivity (Wildman–Crippen MR) is 107 cm³/mol. The average Bonchev–Trinajstić information content (AvgIpc) is 2.49. The summed E-state index contributed by atoms with van der Waals surface area (Å²) < 4.78 is 5.28. The Balaban J connectivity index is 0.000000449. The lowest BCUT2D eigenvalue weighted by molar-refractivity contribution is 0.0220. The molecule has 1 saturated carbocycles. The van der Waals surface area contributed by atoms with Gasteiger partial charge >= 0.3 is 6.09 Å². The number of amides is 1. The van der Waals surface area contributed by atoms with E-state index in [0.717, 1.165) is 31.2 Å². The van der Waals surface area contributed by atoms with E-state index in [4.69, 9.17) is 4.74 Å². The summed E-state index contributed by atoms with van der Waals surface area (Å²) in [7, 11) is 0. The minimum Gasteiger partial charge on any atom is -0.444 e. The van der Waals surface area contributed by atoms with Crippen molar-refractivity contribution >= 4 is 34.7 Å². The number of rotatable bonds is 0. The first-order chi connectivity index (χ1) is 10.8. The highest BCUT2D eigenvalue weighted by Crippen LogP contribution is 2.21. The molecule has 23 heavy (non-hydrogen) atoms. The second-order valence-electron chi connectivity index (χ2n) is 6.93. The lowest BCUT2D eigenvalue weighted by atomic mass is 10.0. The summed E-state index contributed by atoms with van der Waals surface area (Å²) in [5, 5.41) is 0.730. The molecule has 0 atom stereocenters. The van der Waals surface area contributed by atoms with Gasteiger partial charge in [0, 0.05) is 23.2 Å². The number of alkyl halides is 1. The third-order valence-electron chi connectivity index (χ3n) is 3.65. The van der Waals surface area contributed by atoms with Gasteiger partial charge in [0.25, 0.3) is 0 Å². The zero-order valence-electron chi connectivity index (χ0n) is 15.6. The van der Waals surface area contributed by atoms with E-state index >= 15 is 0 Å². The van der Waals surface area contributed by atoms with Gasteiger partial charge < -0.3 is 9.64 Å². The van der Waals surface area contributed by atoms with Crippen LogP contribution in [0.3, 0.4) is 0 Å². The number of nitrogens with zero attached hydrogens (tertiary/aromatic N) is 1. The van der Waals surface area contributed by atoms with Crippen LogP contribution < -0.4 is 0 Å². The standard InChI is InChI=1S/C10H18BrNO2.C6H12S.C2H6/c1-10(2,3)14-9(13)12-6-4-8(11)5-7-12;7-6-4-2-1-3-5-6;1-2/h8H,4-7H2,1-3H3;6-7H,1-5H2;1-2H3. The maximum absolute atomic E-state index is 11.6. The molecule has 1 aliphatic heterocycles. The van der Waals surface area contributed by atoms with Gasteiger partial charge in [-0.25, -0.2) is 4.79 Å². The van der Waals surface area contributed by atoms with E-state index in [1.54, 1.807) is 4.90 Å². The number of ether oxygens (including phenoxy) is 1. The van der Waals surface area contributed by atoms with E-state index in [9.17, 15) is 4.79 Å². The number of hydrogen-bond donors (Lipinski definition) is 1. The quantitative estimate of drug-likeness (QED) is 0.389. The van der Waals surface area contributed by atoms with Gasteiger partial charge in [0.2, 0.25) is 0 Å². The molecule has 1 amide bonds. The topological polar surface area (TPSA) is 29.5 Å². The predicted octanol–water partition coefficient (Wildman–Crippen LogP) is 6.06. The molecule has 2 rings (SSSR count). The van der Waals surface area contributed by atoms with E-state index in [-0.39, 0.29) is 11.7 Å². The molecule has 2 fully saturated rings. The molecule has 1 saturated heterocycles. The number of halogens is 1. The Morgan fingerprint density at radius 2 is 1.52 bits per heavy atom. The van der Waals surface area contributed by atoms with Crippen LogP contribution in [0.2, 0.25) is 0 Å². The largest absolute Gasteiger partial charge is 0.444 e. The minimum atomic E-state index is -0.387. The zero-order chi connectivity index (χ0) is 17.9. The normalized spacial score (nSPS) is 19.9. The Hall–Kier alpha value is 0.100. The van der Waals surface area contributed by atoms with Crippen LogP contribution in [0, 0.1) is 0 Å². The number of likely N-dealkylation sites (tertiary alicyclic amines) is 1. The molecule has 0 unspecified atom stereocenters. The highest BCUT2D eigenvalue weighted by molar-refractivity contribution is 9.09. The summed E-state index contributed by atoms with van der Waals surface area (Å²) >= 11 is 7.91. The molecule has 2 aliphatic rings. The number of carbonyl (C=O) groups is 1. The zero-order valence-corrected chi connectivity index (χ0v) is 18.1. The summed E-state index contributed by atoms with van der Waals surface area (Å²) in [6, 6.07) is 0. The van der Waals surface area contributed by atoms with E-state index < -0.39 is 0 Å². The highest BCUT2D eigenvalue weighted by Gasteiger charge is 2.25. The van der Waals surface area contributed by atoms with Crippen molar-refractivity contribution < 1.29 is 9.53 Å². The van der Waals surface area contributed by atoms with Gasteiger partial charge in [0.1, 0.15) is 5.60 Å². The summed E-state index contributed by atoms with van der Waals surface area (Å²) in [6.45, 7) is 11.3. The molecule has 138 valence electrons. The van der Waals surface area contributed by atoms with Gasteiger partial charge in [-0.1, -0.05) is 49.0 Å². The van der Waals surface area contributed by atoms with Crippen molar-refractivity contribution in [2.45, 2.75) is 95.2 Å². The summed E-state index contributed by atoms with van der Waals surface area (Å²) in [4.78, 5) is 13.9. The first kappa shape index (κ1) is 23.1. The van der Waals surface area contributed by atoms with Crippen molar-refractivity contribution in [3.05, 3.63) is 0 Å². The van der Waals surface area contributed by atoms with Crippen molar-refractivity contribution in [3.63, 3.8) is 0 Å². The van der Waals surface area contributed by atoms with E-state index in [2.05, 4.69) is 28.6 Å². The number of thiol groups is 1. The molecule has 3 nitrogen and oxygen atoms in total. The van der Waals surface area contributed by atoms with Crippen molar-refractivity contribution in [2.75, 3.05) is 13.1 Å². The van der Waals surface area contributed by atoms with E-state index in [1.807, 2.05) is 34.6 Å². The van der Waals surface area contributed by atoms with Gasteiger partial charge in [-0.05, 0) is 46.5 Å². The van der Waals surface area contributed by atoms with Crippen LogP contribution >= 0.6 is 28.6 Å². The monoisotopic (exact) mass is 409 g/mol. The number of hydrogen-bond acceptors (Lipinski definition) is 3. The first-order valence-corrected chi connectivity index (χ1v) is 10.5. The fourth-order valence-electron chi connectivity index (χ4n) is 2.44. The van der Waals surface area contributed by atoms with E-state index in [1.165, 1.54) is 32.1 Å². The first-order valence-electron chi connectivity index (χ1n) is 9.08. The van der Waals surface area contributed by atoms with Gasteiger partial charge in [-0.15, -0.1) is 0 Å². The molecule has 1 heterocycles. The average molecular weight is 410 g/mol. The Kier molecular flexibility index (Phi) is 12.5. The highest BCUT2D eigenvalue weighted by atomic mass is 79.9. The molecule has 0 spiro atoms. The molecular formula is C18H36BrNO2S. The third kappa shape index (κ3) is 12.2. The molecule has 0 aromatic carbocycles. The second kappa shape index (κ2) is 12.5. The lowest BCUT2D eigenvalue weighted by Crippen LogP contribution is -2.41. The molecular weight excluding hydrogens is 374 g/mol. The third-order valence-corrected chi connectivity index (χ3v) is 5.08. The molecule has 0 radical (unpaired) electrons. The van der Waals surface area contributed by atoms with Crippen LogP contribution in [-0.2, 0) is 4.74 Å². The van der Waals surface area contributed by atoms with E-state index in [0.29, 0.717) is 4.83 Å². The number of piperidine rings is 1. The second-order valence-corrected chi connectivity index (χ2v) is 8.96. The molecule has 0 N–H and O–H groups in total. The van der Waals surface area contributed by atoms with Gasteiger partial charge in [0.05, 0.1) is 0 Å². The smallest absolute Gasteiger partial charge is 0.410 e. The van der Waals surface area contributed by atoms with Gasteiger partial charge in [-0.2, -0.15) is 12.6 Å². The molecule has 0 bridgehead atoms. The molecule has 0 aromatic heterocycles. The summed E-state index contributed by atoms with van der Waals surface area (Å²) in [6.07, 6.45) is 8.81. The van der Waals surface area contributed by atoms with Crippen LogP contribution in [0.25, 0.3) is 0 Å². The van der Waals surface area contributed by atoms with Crippen molar-refractivity contribution in [1.82, 2.24) is 4.90 Å². The van der Waals surface area contributed by atoms with Gasteiger partial charge in [0.15, 0.2) is 0 Å². The van der Waals surface area contributed by atoms with Crippen LogP contribution in [0.4, 0.5) is 4.79 Å². The maximum atomic E-state index is 11.6. The van der Waals surface area contributed by atoms with Crippen molar-refractivity contribution in [1.29, 1.82) is 0 Å². The fourth-order valence-corrected chi connectivity index (χ4v) is 3.21. The SMILES string of the molecule is CC.CC(C)(C)OC(=O)N1CCC(Br)CC1.SC1CCCCC1. The Labute approximate surface area is 157 Å². The van der Waals surface area contributed by atoms with Gasteiger partial charge in [-0.3, -0.25) is 0 Å². The molecule has 1 aliphatic carbocycles. The summed E-state index contributed by atoms with van der Waals surface area (Å²) in [5.74, 6) is 0. The Morgan fingerprint density at radius 3 is 1.87 bits per heavy atom. The Bertz CT molecular complexity index is 307. The maximum Gasteiger partial charge on any atom is 0.410 e. The van der Waals surface area contributed by atoms with Crippen LogP contribution in [0.1, 0.15) is 79.6 Å². The minimum absolute atomic E-state index is 0.183. The number of carbonyl (C=O) groups excluding carboxylic acids is 1. The van der Waals surface area contributed by atoms with Crippen molar-refractivity contribution in [2.24, 2.45) is 0 Å². The summed E-state index contributed by atoms with van der Waals surface area (Å²) in [5.41, 5.74) is -0.387.